The Labute approximate surface area is 154 Å². The van der Waals surface area contributed by atoms with Gasteiger partial charge in [-0.25, -0.2) is 0 Å². The first kappa shape index (κ1) is 17.6. The number of carbonyl (C=O) groups excluding carboxylic acids is 1. The van der Waals surface area contributed by atoms with Crippen LogP contribution in [-0.4, -0.2) is 23.3 Å². The lowest BCUT2D eigenvalue weighted by Crippen LogP contribution is -2.21. The topological polar surface area (TPSA) is 85.0 Å². The summed E-state index contributed by atoms with van der Waals surface area (Å²) < 4.78 is 5.48. The molecule has 7 nitrogen and oxygen atoms in total. The summed E-state index contributed by atoms with van der Waals surface area (Å²) >= 11 is 6.16. The van der Waals surface area contributed by atoms with Gasteiger partial charge >= 0.3 is 0 Å². The highest BCUT2D eigenvalue weighted by atomic mass is 35.5. The predicted octanol–water partition coefficient (Wildman–Crippen LogP) is 4.03. The number of amides is 1. The Hall–Kier alpha value is -3.19. The maximum atomic E-state index is 12.8. The van der Waals surface area contributed by atoms with Crippen LogP contribution < -0.4 is 5.01 Å². The van der Waals surface area contributed by atoms with Crippen molar-refractivity contribution in [1.29, 1.82) is 0 Å². The van der Waals surface area contributed by atoms with E-state index in [9.17, 15) is 14.9 Å². The molecule has 2 aromatic rings. The Kier molecular flexibility index (Phi) is 4.99. The Balaban J connectivity index is 1.98. The van der Waals surface area contributed by atoms with E-state index in [4.69, 9.17) is 16.3 Å². The Morgan fingerprint density at radius 2 is 1.92 bits per heavy atom. The van der Waals surface area contributed by atoms with E-state index in [1.807, 2.05) is 6.07 Å². The third kappa shape index (κ3) is 3.43. The highest BCUT2D eigenvalue weighted by Crippen LogP contribution is 2.28. The summed E-state index contributed by atoms with van der Waals surface area (Å²) in [5.41, 5.74) is 1.26. The van der Waals surface area contributed by atoms with Crippen LogP contribution in [0.5, 0.6) is 0 Å². The molecule has 1 aliphatic rings. The van der Waals surface area contributed by atoms with Gasteiger partial charge in [0.25, 0.3) is 11.6 Å². The van der Waals surface area contributed by atoms with Gasteiger partial charge in [-0.3, -0.25) is 14.9 Å². The Bertz CT molecular complexity index is 922. The third-order valence-electron chi connectivity index (χ3n) is 3.64. The quantitative estimate of drug-likeness (QED) is 0.461. The number of hydrogen-bond donors (Lipinski definition) is 0. The molecule has 0 fully saturated rings. The second kappa shape index (κ2) is 7.37. The molecule has 2 aromatic carbocycles. The van der Waals surface area contributed by atoms with E-state index in [0.29, 0.717) is 22.9 Å². The SMILES string of the molecule is CCOC1=NN(c2ccc([N+](=O)[O-])cc2)C(=O)C1=Cc1ccccc1Cl. The molecule has 0 atom stereocenters. The van der Waals surface area contributed by atoms with Gasteiger partial charge < -0.3 is 4.74 Å². The highest BCUT2D eigenvalue weighted by Gasteiger charge is 2.33. The minimum Gasteiger partial charge on any atom is -0.476 e. The average molecular weight is 372 g/mol. The standard InChI is InChI=1S/C18H14ClN3O4/c1-2-26-17-15(11-12-5-3-4-6-16(12)19)18(23)21(20-17)13-7-9-14(10-8-13)22(24)25/h3-11H,2H2,1H3. The first-order valence-corrected chi connectivity index (χ1v) is 8.16. The molecule has 26 heavy (non-hydrogen) atoms. The first-order chi connectivity index (χ1) is 12.5. The summed E-state index contributed by atoms with van der Waals surface area (Å²) in [6, 6.07) is 12.6. The molecule has 132 valence electrons. The molecule has 1 amide bonds. The van der Waals surface area contributed by atoms with E-state index in [0.717, 1.165) is 5.01 Å². The van der Waals surface area contributed by atoms with E-state index in [1.165, 1.54) is 24.3 Å². The molecule has 0 saturated carbocycles. The van der Waals surface area contributed by atoms with Crippen molar-refractivity contribution in [2.24, 2.45) is 5.10 Å². The lowest BCUT2D eigenvalue weighted by atomic mass is 10.1. The molecule has 3 rings (SSSR count). The maximum absolute atomic E-state index is 12.8. The van der Waals surface area contributed by atoms with Crippen molar-refractivity contribution in [3.05, 3.63) is 74.8 Å². The van der Waals surface area contributed by atoms with Crippen molar-refractivity contribution in [2.45, 2.75) is 6.92 Å². The van der Waals surface area contributed by atoms with E-state index >= 15 is 0 Å². The van der Waals surface area contributed by atoms with Crippen molar-refractivity contribution in [3.8, 4) is 0 Å². The van der Waals surface area contributed by atoms with E-state index in [-0.39, 0.29) is 17.2 Å². The Morgan fingerprint density at radius 3 is 2.54 bits per heavy atom. The van der Waals surface area contributed by atoms with Crippen molar-refractivity contribution in [1.82, 2.24) is 0 Å². The molecule has 0 spiro atoms. The largest absolute Gasteiger partial charge is 0.476 e. The number of nitro groups is 1. The molecule has 0 N–H and O–H groups in total. The van der Waals surface area contributed by atoms with Gasteiger partial charge in [0.1, 0.15) is 5.57 Å². The van der Waals surface area contributed by atoms with Gasteiger partial charge in [-0.05, 0) is 36.8 Å². The lowest BCUT2D eigenvalue weighted by molar-refractivity contribution is -0.384. The summed E-state index contributed by atoms with van der Waals surface area (Å²) in [5.74, 6) is -0.224. The summed E-state index contributed by atoms with van der Waals surface area (Å²) in [4.78, 5) is 23.1. The number of halogens is 1. The molecular formula is C18H14ClN3O4. The second-order valence-corrected chi connectivity index (χ2v) is 5.72. The van der Waals surface area contributed by atoms with Gasteiger partial charge in [-0.2, -0.15) is 5.01 Å². The van der Waals surface area contributed by atoms with Crippen LogP contribution in [0.1, 0.15) is 12.5 Å². The van der Waals surface area contributed by atoms with Crippen LogP contribution in [0.3, 0.4) is 0 Å². The molecular weight excluding hydrogens is 358 g/mol. The third-order valence-corrected chi connectivity index (χ3v) is 3.98. The van der Waals surface area contributed by atoms with Gasteiger partial charge in [0.2, 0.25) is 5.90 Å². The van der Waals surface area contributed by atoms with Crippen LogP contribution in [0, 0.1) is 10.1 Å². The number of ether oxygens (including phenoxy) is 1. The number of nitrogens with zero attached hydrogens (tertiary/aromatic N) is 3. The number of non-ortho nitro benzene ring substituents is 1. The lowest BCUT2D eigenvalue weighted by Gasteiger charge is -2.10. The molecule has 0 saturated heterocycles. The Morgan fingerprint density at radius 1 is 1.23 bits per heavy atom. The van der Waals surface area contributed by atoms with Crippen LogP contribution in [-0.2, 0) is 9.53 Å². The van der Waals surface area contributed by atoms with Crippen molar-refractivity contribution in [2.75, 3.05) is 11.6 Å². The number of benzene rings is 2. The van der Waals surface area contributed by atoms with Crippen molar-refractivity contribution >= 4 is 40.9 Å². The highest BCUT2D eigenvalue weighted by molar-refractivity contribution is 6.34. The molecule has 8 heteroatoms. The van der Waals surface area contributed by atoms with Crippen LogP contribution in [0.25, 0.3) is 6.08 Å². The minimum absolute atomic E-state index is 0.0683. The summed E-state index contributed by atoms with van der Waals surface area (Å²) in [5, 5.41) is 16.6. The fraction of sp³-hybridized carbons (Fsp3) is 0.111. The number of carbonyl (C=O) groups is 1. The molecule has 1 aliphatic heterocycles. The van der Waals surface area contributed by atoms with E-state index in [2.05, 4.69) is 5.10 Å². The fourth-order valence-electron chi connectivity index (χ4n) is 2.40. The van der Waals surface area contributed by atoms with Crippen LogP contribution in [0.15, 0.2) is 59.2 Å². The first-order valence-electron chi connectivity index (χ1n) is 7.78. The number of hydrazone groups is 1. The second-order valence-electron chi connectivity index (χ2n) is 5.31. The zero-order valence-electron chi connectivity index (χ0n) is 13.8. The molecule has 1 heterocycles. The summed E-state index contributed by atoms with van der Waals surface area (Å²) in [6.45, 7) is 2.12. The van der Waals surface area contributed by atoms with Crippen LogP contribution in [0.2, 0.25) is 5.02 Å². The number of nitro benzene ring substituents is 1. The van der Waals surface area contributed by atoms with Gasteiger partial charge in [0.05, 0.1) is 17.2 Å². The predicted molar refractivity (Wildman–Crippen MR) is 99.1 cm³/mol. The van der Waals surface area contributed by atoms with Gasteiger partial charge in [0.15, 0.2) is 0 Å². The van der Waals surface area contributed by atoms with Crippen molar-refractivity contribution in [3.63, 3.8) is 0 Å². The average Bonchev–Trinajstić information content (AvgIpc) is 2.93. The number of anilines is 1. The molecule has 0 unspecified atom stereocenters. The molecule has 0 radical (unpaired) electrons. The zero-order chi connectivity index (χ0) is 18.7. The van der Waals surface area contributed by atoms with Gasteiger partial charge in [0, 0.05) is 17.2 Å². The smallest absolute Gasteiger partial charge is 0.284 e. The fourth-order valence-corrected chi connectivity index (χ4v) is 2.59. The van der Waals surface area contributed by atoms with Gasteiger partial charge in [-0.1, -0.05) is 29.8 Å². The molecule has 0 aliphatic carbocycles. The zero-order valence-corrected chi connectivity index (χ0v) is 14.5. The van der Waals surface area contributed by atoms with E-state index in [1.54, 1.807) is 31.2 Å². The monoisotopic (exact) mass is 371 g/mol. The van der Waals surface area contributed by atoms with Crippen molar-refractivity contribution < 1.29 is 14.5 Å². The van der Waals surface area contributed by atoms with E-state index < -0.39 is 10.8 Å². The number of hydrogen-bond acceptors (Lipinski definition) is 5. The normalized spacial score (nSPS) is 15.3. The maximum Gasteiger partial charge on any atom is 0.284 e. The number of rotatable bonds is 4. The van der Waals surface area contributed by atoms with Crippen LogP contribution in [0.4, 0.5) is 11.4 Å². The minimum atomic E-state index is -0.507. The van der Waals surface area contributed by atoms with Gasteiger partial charge in [-0.15, -0.1) is 5.10 Å². The molecule has 0 bridgehead atoms. The molecule has 0 aromatic heterocycles. The summed E-state index contributed by atoms with van der Waals surface area (Å²) in [7, 11) is 0. The summed E-state index contributed by atoms with van der Waals surface area (Å²) in [6.07, 6.45) is 1.62. The van der Waals surface area contributed by atoms with Crippen LogP contribution >= 0.6 is 11.6 Å².